The zero-order valence-corrected chi connectivity index (χ0v) is 16.2. The number of carboxylic acids is 1. The molecule has 144 valence electrons. The lowest BCUT2D eigenvalue weighted by molar-refractivity contribution is -0.137. The fraction of sp³-hybridized carbons (Fsp3) is 0.263. The van der Waals surface area contributed by atoms with Crippen LogP contribution < -0.4 is 4.72 Å². The lowest BCUT2D eigenvalue weighted by Crippen LogP contribution is -2.30. The lowest BCUT2D eigenvalue weighted by Gasteiger charge is -2.19. The Balaban J connectivity index is 2.34. The molecule has 27 heavy (non-hydrogen) atoms. The van der Waals surface area contributed by atoms with E-state index in [9.17, 15) is 18.0 Å². The van der Waals surface area contributed by atoms with E-state index in [1.54, 1.807) is 38.1 Å². The highest BCUT2D eigenvalue weighted by molar-refractivity contribution is 7.92. The highest BCUT2D eigenvalue weighted by Crippen LogP contribution is 2.24. The van der Waals surface area contributed by atoms with E-state index in [1.165, 1.54) is 24.1 Å². The number of hydrogen-bond acceptors (Lipinski definition) is 4. The quantitative estimate of drug-likeness (QED) is 0.756. The highest BCUT2D eigenvalue weighted by Gasteiger charge is 2.22. The van der Waals surface area contributed by atoms with Crippen molar-refractivity contribution in [1.82, 2.24) is 4.90 Å². The Labute approximate surface area is 158 Å². The van der Waals surface area contributed by atoms with Crippen LogP contribution in [-0.4, -0.2) is 43.9 Å². The Hall–Kier alpha value is -2.87. The number of aliphatic carboxylic acids is 1. The van der Waals surface area contributed by atoms with Crippen LogP contribution in [0.5, 0.6) is 0 Å². The molecular formula is C19H22N2O5S. The fourth-order valence-electron chi connectivity index (χ4n) is 2.53. The van der Waals surface area contributed by atoms with Gasteiger partial charge in [-0.15, -0.1) is 0 Å². The first kappa shape index (κ1) is 20.4. The largest absolute Gasteiger partial charge is 0.481 e. The molecule has 0 aliphatic rings. The van der Waals surface area contributed by atoms with Gasteiger partial charge in [0.05, 0.1) is 22.6 Å². The summed E-state index contributed by atoms with van der Waals surface area (Å²) in [7, 11) is -2.42. The summed E-state index contributed by atoms with van der Waals surface area (Å²) in [6, 6.07) is 11.4. The SMILES string of the molecule is Cc1ccc(C)c(S(=O)(=O)Nc2ccccc2C(=O)N(C)CCC(=O)O)c1. The third kappa shape index (κ3) is 5.07. The first-order chi connectivity index (χ1) is 12.6. The van der Waals surface area contributed by atoms with E-state index >= 15 is 0 Å². The number of carboxylic acid groups (broad SMARTS) is 1. The zero-order valence-electron chi connectivity index (χ0n) is 15.4. The maximum atomic E-state index is 12.8. The minimum Gasteiger partial charge on any atom is -0.481 e. The predicted octanol–water partition coefficient (Wildman–Crippen LogP) is 2.65. The van der Waals surface area contributed by atoms with Gasteiger partial charge in [0.1, 0.15) is 0 Å². The van der Waals surface area contributed by atoms with Crippen LogP contribution in [0.2, 0.25) is 0 Å². The van der Waals surface area contributed by atoms with Gasteiger partial charge in [0.15, 0.2) is 0 Å². The minimum atomic E-state index is -3.89. The summed E-state index contributed by atoms with van der Waals surface area (Å²) in [5, 5.41) is 8.77. The van der Waals surface area contributed by atoms with Crippen LogP contribution in [0.25, 0.3) is 0 Å². The van der Waals surface area contributed by atoms with Gasteiger partial charge in [-0.25, -0.2) is 8.42 Å². The highest BCUT2D eigenvalue weighted by atomic mass is 32.2. The van der Waals surface area contributed by atoms with Gasteiger partial charge in [-0.2, -0.15) is 0 Å². The van der Waals surface area contributed by atoms with Crippen molar-refractivity contribution in [2.45, 2.75) is 25.2 Å². The summed E-state index contributed by atoms with van der Waals surface area (Å²) >= 11 is 0. The van der Waals surface area contributed by atoms with Gasteiger partial charge >= 0.3 is 5.97 Å². The molecule has 0 fully saturated rings. The summed E-state index contributed by atoms with van der Waals surface area (Å²) in [4.78, 5) is 24.7. The number of nitrogens with one attached hydrogen (secondary N) is 1. The summed E-state index contributed by atoms with van der Waals surface area (Å²) < 4.78 is 28.1. The summed E-state index contributed by atoms with van der Waals surface area (Å²) in [5.41, 5.74) is 1.69. The van der Waals surface area contributed by atoms with Crippen LogP contribution in [-0.2, 0) is 14.8 Å². The average molecular weight is 390 g/mol. The van der Waals surface area contributed by atoms with E-state index in [1.807, 2.05) is 6.07 Å². The molecule has 0 radical (unpaired) electrons. The van der Waals surface area contributed by atoms with Crippen molar-refractivity contribution in [2.75, 3.05) is 18.3 Å². The summed E-state index contributed by atoms with van der Waals surface area (Å²) in [5.74, 6) is -1.48. The van der Waals surface area contributed by atoms with Crippen LogP contribution >= 0.6 is 0 Å². The number of amides is 1. The van der Waals surface area contributed by atoms with E-state index in [0.717, 1.165) is 5.56 Å². The van der Waals surface area contributed by atoms with Gasteiger partial charge in [0.2, 0.25) is 0 Å². The lowest BCUT2D eigenvalue weighted by atomic mass is 10.1. The number of para-hydroxylation sites is 1. The molecule has 0 heterocycles. The fourth-order valence-corrected chi connectivity index (χ4v) is 3.94. The molecule has 0 aliphatic heterocycles. The van der Waals surface area contributed by atoms with Gasteiger partial charge in [0.25, 0.3) is 15.9 Å². The van der Waals surface area contributed by atoms with E-state index in [2.05, 4.69) is 4.72 Å². The molecule has 2 rings (SSSR count). The number of aryl methyl sites for hydroxylation is 2. The second-order valence-corrected chi connectivity index (χ2v) is 7.94. The number of carbonyl (C=O) groups excluding carboxylic acids is 1. The molecule has 2 aromatic rings. The van der Waals surface area contributed by atoms with Crippen molar-refractivity contribution in [2.24, 2.45) is 0 Å². The van der Waals surface area contributed by atoms with Gasteiger partial charge in [-0.3, -0.25) is 14.3 Å². The number of benzene rings is 2. The Kier molecular flexibility index (Phi) is 6.22. The molecule has 0 bridgehead atoms. The van der Waals surface area contributed by atoms with Crippen molar-refractivity contribution in [3.63, 3.8) is 0 Å². The second-order valence-electron chi connectivity index (χ2n) is 6.29. The third-order valence-corrected chi connectivity index (χ3v) is 5.55. The van der Waals surface area contributed by atoms with E-state index in [4.69, 9.17) is 5.11 Å². The minimum absolute atomic E-state index is 0.0201. The number of carbonyl (C=O) groups is 2. The van der Waals surface area contributed by atoms with Gasteiger partial charge in [-0.05, 0) is 43.2 Å². The Morgan fingerprint density at radius 2 is 1.78 bits per heavy atom. The van der Waals surface area contributed by atoms with E-state index in [0.29, 0.717) is 5.56 Å². The normalized spacial score (nSPS) is 11.1. The third-order valence-electron chi connectivity index (χ3n) is 4.04. The molecular weight excluding hydrogens is 368 g/mol. The molecule has 8 heteroatoms. The standard InChI is InChI=1S/C19H22N2O5S/c1-13-8-9-14(2)17(12-13)27(25,26)20-16-7-5-4-6-15(16)19(24)21(3)11-10-18(22)23/h4-9,12,20H,10-11H2,1-3H3,(H,22,23). The first-order valence-corrected chi connectivity index (χ1v) is 9.76. The molecule has 2 N–H and O–H groups in total. The number of rotatable bonds is 7. The summed E-state index contributed by atoms with van der Waals surface area (Å²) in [6.07, 6.45) is -0.196. The summed E-state index contributed by atoms with van der Waals surface area (Å²) in [6.45, 7) is 3.52. The van der Waals surface area contributed by atoms with Crippen molar-refractivity contribution in [3.05, 3.63) is 59.2 Å². The zero-order chi connectivity index (χ0) is 20.2. The molecule has 0 aliphatic carbocycles. The van der Waals surface area contributed by atoms with Crippen LogP contribution in [0, 0.1) is 13.8 Å². The molecule has 0 unspecified atom stereocenters. The molecule has 0 saturated carbocycles. The predicted molar refractivity (Wildman–Crippen MR) is 102 cm³/mol. The van der Waals surface area contributed by atoms with E-state index < -0.39 is 21.9 Å². The van der Waals surface area contributed by atoms with Gasteiger partial charge in [-0.1, -0.05) is 24.3 Å². The smallest absolute Gasteiger partial charge is 0.305 e. The Morgan fingerprint density at radius 1 is 1.11 bits per heavy atom. The maximum absolute atomic E-state index is 12.8. The molecule has 1 amide bonds. The van der Waals surface area contributed by atoms with E-state index in [-0.39, 0.29) is 29.1 Å². The molecule has 7 nitrogen and oxygen atoms in total. The first-order valence-electron chi connectivity index (χ1n) is 8.28. The topological polar surface area (TPSA) is 104 Å². The molecule has 0 aromatic heterocycles. The van der Waals surface area contributed by atoms with Crippen LogP contribution in [0.4, 0.5) is 5.69 Å². The number of nitrogens with zero attached hydrogens (tertiary/aromatic N) is 1. The van der Waals surface area contributed by atoms with Crippen molar-refractivity contribution in [3.8, 4) is 0 Å². The van der Waals surface area contributed by atoms with Crippen molar-refractivity contribution in [1.29, 1.82) is 0 Å². The Bertz CT molecular complexity index is 970. The van der Waals surface area contributed by atoms with Crippen LogP contribution in [0.1, 0.15) is 27.9 Å². The number of anilines is 1. The molecule has 0 spiro atoms. The molecule has 2 aromatic carbocycles. The van der Waals surface area contributed by atoms with Crippen LogP contribution in [0.15, 0.2) is 47.4 Å². The van der Waals surface area contributed by atoms with Gasteiger partial charge < -0.3 is 10.0 Å². The van der Waals surface area contributed by atoms with Crippen molar-refractivity contribution >= 4 is 27.6 Å². The maximum Gasteiger partial charge on any atom is 0.305 e. The Morgan fingerprint density at radius 3 is 2.44 bits per heavy atom. The monoisotopic (exact) mass is 390 g/mol. The second kappa shape index (κ2) is 8.22. The van der Waals surface area contributed by atoms with Crippen molar-refractivity contribution < 1.29 is 23.1 Å². The average Bonchev–Trinajstić information content (AvgIpc) is 2.61. The van der Waals surface area contributed by atoms with Crippen LogP contribution in [0.3, 0.4) is 0 Å². The molecule has 0 saturated heterocycles. The molecule has 0 atom stereocenters. The van der Waals surface area contributed by atoms with Gasteiger partial charge in [0, 0.05) is 13.6 Å². The number of sulfonamides is 1. The number of hydrogen-bond donors (Lipinski definition) is 2.